The summed E-state index contributed by atoms with van der Waals surface area (Å²) >= 11 is 0. The lowest BCUT2D eigenvalue weighted by Crippen LogP contribution is -2.57. The summed E-state index contributed by atoms with van der Waals surface area (Å²) in [5.74, 6) is 1.02. The van der Waals surface area contributed by atoms with Gasteiger partial charge in [-0.25, -0.2) is 4.68 Å². The molecule has 4 fully saturated rings. The van der Waals surface area contributed by atoms with Gasteiger partial charge >= 0.3 is 6.18 Å². The average Bonchev–Trinajstić information content (AvgIpc) is 3.47. The number of nitrogens with zero attached hydrogens (tertiary/aromatic N) is 3. The zero-order valence-corrected chi connectivity index (χ0v) is 23.2. The van der Waals surface area contributed by atoms with Crippen molar-refractivity contribution in [3.63, 3.8) is 0 Å². The maximum Gasteiger partial charge on any atom is 0.391 e. The van der Waals surface area contributed by atoms with Crippen LogP contribution in [-0.4, -0.2) is 47.8 Å². The van der Waals surface area contributed by atoms with Crippen molar-refractivity contribution >= 4 is 16.8 Å². The highest BCUT2D eigenvalue weighted by Crippen LogP contribution is 2.68. The van der Waals surface area contributed by atoms with Crippen LogP contribution in [0.15, 0.2) is 18.2 Å². The van der Waals surface area contributed by atoms with E-state index >= 15 is 0 Å². The highest BCUT2D eigenvalue weighted by atomic mass is 19.4. The summed E-state index contributed by atoms with van der Waals surface area (Å²) in [6.07, 6.45) is 2.57. The SMILES string of the molecule is COC[C@]12CC[C@H](C(F)(F)F)CC1CC[C@@H]1[C@@H]2CC[C@]2(C)[C@@H](C(=O)Cn3nnc4ccc(OC)cc43)CC[C@@H]12. The van der Waals surface area contributed by atoms with Crippen LogP contribution < -0.4 is 4.74 Å². The Balaban J connectivity index is 1.22. The summed E-state index contributed by atoms with van der Waals surface area (Å²) in [5.41, 5.74) is 1.28. The first kappa shape index (κ1) is 27.0. The molecule has 0 aliphatic heterocycles. The summed E-state index contributed by atoms with van der Waals surface area (Å²) in [4.78, 5) is 13.8. The third-order valence-corrected chi connectivity index (χ3v) is 11.7. The number of methoxy groups -OCH3 is 2. The molecule has 1 aromatic carbocycles. The molecule has 4 saturated carbocycles. The van der Waals surface area contributed by atoms with Crippen molar-refractivity contribution in [2.45, 2.75) is 77.4 Å². The van der Waals surface area contributed by atoms with Gasteiger partial charge in [0, 0.05) is 19.1 Å². The summed E-state index contributed by atoms with van der Waals surface area (Å²) in [6.45, 7) is 3.05. The van der Waals surface area contributed by atoms with Crippen molar-refractivity contribution in [3.05, 3.63) is 18.2 Å². The maximum atomic E-state index is 13.8. The van der Waals surface area contributed by atoms with E-state index in [2.05, 4.69) is 17.2 Å². The van der Waals surface area contributed by atoms with Gasteiger partial charge in [-0.3, -0.25) is 4.79 Å². The molecule has 39 heavy (non-hydrogen) atoms. The normalized spacial score (nSPS) is 38.2. The largest absolute Gasteiger partial charge is 0.497 e. The molecule has 214 valence electrons. The molecular weight excluding hydrogens is 507 g/mol. The van der Waals surface area contributed by atoms with Crippen molar-refractivity contribution in [1.29, 1.82) is 0 Å². The Kier molecular flexibility index (Phi) is 6.75. The van der Waals surface area contributed by atoms with Crippen molar-refractivity contribution in [1.82, 2.24) is 15.0 Å². The molecule has 4 aliphatic rings. The number of fused-ring (bicyclic) bond motifs is 6. The Hall–Kier alpha value is -2.16. The molecule has 0 radical (unpaired) electrons. The van der Waals surface area contributed by atoms with Crippen LogP contribution in [-0.2, 0) is 16.1 Å². The molecule has 1 heterocycles. The Labute approximate surface area is 228 Å². The Bertz CT molecular complexity index is 1230. The third-order valence-electron chi connectivity index (χ3n) is 11.7. The lowest BCUT2D eigenvalue weighted by atomic mass is 9.43. The zero-order valence-electron chi connectivity index (χ0n) is 23.2. The van der Waals surface area contributed by atoms with E-state index in [1.165, 1.54) is 0 Å². The molecule has 6 rings (SSSR count). The molecule has 0 amide bonds. The zero-order chi connectivity index (χ0) is 27.6. The minimum atomic E-state index is -4.11. The third kappa shape index (κ3) is 4.29. The van der Waals surface area contributed by atoms with Gasteiger partial charge in [-0.05, 0) is 104 Å². The number of alkyl halides is 3. The standard InChI is InChI=1S/C30H40F3N3O3/c1-28-12-11-23-21(6-4-18-14-19(30(31,32)33)10-13-29(18,23)17-38-2)22(28)7-8-24(28)27(37)16-36-26-15-20(39-3)5-9-25(26)34-35-36/h5,9,15,18-19,21-24H,4,6-8,10-14,16-17H2,1-3H3/t18?,19-,21-,22-,23-,24+,28-,29+/m0/s1. The first-order valence-electron chi connectivity index (χ1n) is 14.6. The highest BCUT2D eigenvalue weighted by molar-refractivity contribution is 5.84. The van der Waals surface area contributed by atoms with Crippen LogP contribution >= 0.6 is 0 Å². The maximum absolute atomic E-state index is 13.8. The molecule has 8 atom stereocenters. The van der Waals surface area contributed by atoms with Crippen LogP contribution in [0.4, 0.5) is 13.2 Å². The molecule has 1 aromatic heterocycles. The fourth-order valence-electron chi connectivity index (χ4n) is 9.87. The van der Waals surface area contributed by atoms with Crippen molar-refractivity contribution in [2.24, 2.45) is 46.3 Å². The van der Waals surface area contributed by atoms with Crippen LogP contribution in [0.1, 0.15) is 64.7 Å². The number of ether oxygens (including phenoxy) is 2. The average molecular weight is 548 g/mol. The first-order valence-corrected chi connectivity index (χ1v) is 14.6. The van der Waals surface area contributed by atoms with Gasteiger partial charge < -0.3 is 9.47 Å². The number of carbonyl (C=O) groups excluding carboxylic acids is 1. The minimum Gasteiger partial charge on any atom is -0.497 e. The van der Waals surface area contributed by atoms with Gasteiger partial charge in [0.25, 0.3) is 0 Å². The number of rotatable bonds is 6. The molecule has 1 unspecified atom stereocenters. The van der Waals surface area contributed by atoms with Crippen LogP contribution in [0.2, 0.25) is 0 Å². The number of hydrogen-bond donors (Lipinski definition) is 0. The Morgan fingerprint density at radius 1 is 1.08 bits per heavy atom. The molecule has 4 aliphatic carbocycles. The molecule has 0 saturated heterocycles. The van der Waals surface area contributed by atoms with Gasteiger partial charge in [-0.2, -0.15) is 13.2 Å². The fourth-order valence-corrected chi connectivity index (χ4v) is 9.87. The van der Waals surface area contributed by atoms with E-state index in [0.29, 0.717) is 36.5 Å². The van der Waals surface area contributed by atoms with E-state index in [1.807, 2.05) is 18.2 Å². The van der Waals surface area contributed by atoms with Gasteiger partial charge in [-0.1, -0.05) is 12.1 Å². The number of benzene rings is 1. The fraction of sp³-hybridized carbons (Fsp3) is 0.767. The number of ketones is 1. The van der Waals surface area contributed by atoms with E-state index < -0.39 is 12.1 Å². The molecule has 0 bridgehead atoms. The Morgan fingerprint density at radius 2 is 1.90 bits per heavy atom. The number of hydrogen-bond acceptors (Lipinski definition) is 5. The predicted molar refractivity (Wildman–Crippen MR) is 140 cm³/mol. The van der Waals surface area contributed by atoms with Crippen molar-refractivity contribution in [3.8, 4) is 5.75 Å². The minimum absolute atomic E-state index is 0.0367. The van der Waals surface area contributed by atoms with Crippen molar-refractivity contribution in [2.75, 3.05) is 20.8 Å². The quantitative estimate of drug-likeness (QED) is 0.415. The number of Topliss-reactive ketones (excluding diaryl/α,β-unsaturated/α-hetero) is 1. The predicted octanol–water partition coefficient (Wildman–Crippen LogP) is 6.47. The molecule has 0 spiro atoms. The highest BCUT2D eigenvalue weighted by Gasteiger charge is 2.63. The van der Waals surface area contributed by atoms with Crippen LogP contribution in [0.5, 0.6) is 5.75 Å². The second-order valence-electron chi connectivity index (χ2n) is 13.1. The Morgan fingerprint density at radius 3 is 2.64 bits per heavy atom. The lowest BCUT2D eigenvalue weighted by Gasteiger charge is -2.62. The molecule has 6 nitrogen and oxygen atoms in total. The molecule has 9 heteroatoms. The van der Waals surface area contributed by atoms with E-state index in [0.717, 1.165) is 49.6 Å². The summed E-state index contributed by atoms with van der Waals surface area (Å²) in [6, 6.07) is 5.56. The van der Waals surface area contributed by atoms with E-state index in [9.17, 15) is 18.0 Å². The lowest BCUT2D eigenvalue weighted by molar-refractivity contribution is -0.217. The summed E-state index contributed by atoms with van der Waals surface area (Å²) in [7, 11) is 3.31. The molecular formula is C30H40F3N3O3. The van der Waals surface area contributed by atoms with Crippen molar-refractivity contribution < 1.29 is 27.4 Å². The topological polar surface area (TPSA) is 66.2 Å². The van der Waals surface area contributed by atoms with Crippen LogP contribution in [0.25, 0.3) is 11.0 Å². The van der Waals surface area contributed by atoms with Crippen LogP contribution in [0, 0.1) is 46.3 Å². The van der Waals surface area contributed by atoms with Gasteiger partial charge in [0.05, 0.1) is 25.2 Å². The van der Waals surface area contributed by atoms with Gasteiger partial charge in [0.15, 0.2) is 5.78 Å². The summed E-state index contributed by atoms with van der Waals surface area (Å²) < 4.78 is 53.8. The smallest absolute Gasteiger partial charge is 0.391 e. The molecule has 2 aromatic rings. The van der Waals surface area contributed by atoms with Gasteiger partial charge in [0.2, 0.25) is 0 Å². The van der Waals surface area contributed by atoms with E-state index in [4.69, 9.17) is 9.47 Å². The second-order valence-corrected chi connectivity index (χ2v) is 13.1. The number of halogens is 3. The molecule has 0 N–H and O–H groups in total. The van der Waals surface area contributed by atoms with E-state index in [1.54, 1.807) is 18.9 Å². The van der Waals surface area contributed by atoms with Gasteiger partial charge in [-0.15, -0.1) is 5.10 Å². The monoisotopic (exact) mass is 547 g/mol. The first-order chi connectivity index (χ1) is 18.6. The number of carbonyl (C=O) groups is 1. The van der Waals surface area contributed by atoms with Crippen LogP contribution in [0.3, 0.4) is 0 Å². The second kappa shape index (κ2) is 9.74. The van der Waals surface area contributed by atoms with Gasteiger partial charge in [0.1, 0.15) is 17.8 Å². The van der Waals surface area contributed by atoms with E-state index in [-0.39, 0.29) is 47.8 Å². The number of aromatic nitrogens is 3. The summed E-state index contributed by atoms with van der Waals surface area (Å²) in [5, 5.41) is 8.50.